The number of aliphatic hydroxyl groups excluding tert-OH is 1. The van der Waals surface area contributed by atoms with Gasteiger partial charge in [-0.1, -0.05) is 19.9 Å². The Labute approximate surface area is 127 Å². The second kappa shape index (κ2) is 7.76. The summed E-state index contributed by atoms with van der Waals surface area (Å²) in [5.41, 5.74) is 1.65. The number of benzene rings is 1. The molecule has 1 aromatic carbocycles. The largest absolute Gasteiger partial charge is 0.395 e. The van der Waals surface area contributed by atoms with E-state index in [4.69, 9.17) is 0 Å². The molecule has 0 spiro atoms. The smallest absolute Gasteiger partial charge is 0.129 e. The average molecular weight is 294 g/mol. The molecule has 1 aliphatic carbocycles. The Hall–Kier alpha value is -1.13. The molecule has 1 saturated carbocycles. The van der Waals surface area contributed by atoms with Crippen LogP contribution in [0.5, 0.6) is 0 Å². The molecule has 0 atom stereocenters. The third-order valence-corrected chi connectivity index (χ3v) is 4.27. The van der Waals surface area contributed by atoms with Gasteiger partial charge >= 0.3 is 0 Å². The highest BCUT2D eigenvalue weighted by atomic mass is 19.1. The van der Waals surface area contributed by atoms with Crippen LogP contribution in [0.1, 0.15) is 45.1 Å². The summed E-state index contributed by atoms with van der Waals surface area (Å²) in [4.78, 5) is 2.16. The zero-order valence-corrected chi connectivity index (χ0v) is 13.1. The summed E-state index contributed by atoms with van der Waals surface area (Å²) in [7, 11) is 0. The quantitative estimate of drug-likeness (QED) is 0.735. The predicted molar refractivity (Wildman–Crippen MR) is 85.1 cm³/mol. The van der Waals surface area contributed by atoms with Crippen LogP contribution in [0.15, 0.2) is 18.2 Å². The molecule has 3 nitrogen and oxygen atoms in total. The summed E-state index contributed by atoms with van der Waals surface area (Å²) in [5.74, 6) is -0.158. The summed E-state index contributed by atoms with van der Waals surface area (Å²) in [6.07, 6.45) is 4.36. The molecule has 0 aliphatic heterocycles. The van der Waals surface area contributed by atoms with Gasteiger partial charge in [0.15, 0.2) is 0 Å². The molecule has 0 aromatic heterocycles. The lowest BCUT2D eigenvalue weighted by molar-refractivity contribution is 0.295. The number of aliphatic hydroxyl groups is 1. The van der Waals surface area contributed by atoms with Crippen LogP contribution >= 0.6 is 0 Å². The molecule has 0 amide bonds. The number of halogens is 1. The van der Waals surface area contributed by atoms with E-state index in [0.717, 1.165) is 24.1 Å². The Morgan fingerprint density at radius 1 is 1.33 bits per heavy atom. The first-order chi connectivity index (χ1) is 10.2. The summed E-state index contributed by atoms with van der Waals surface area (Å²) >= 11 is 0. The fourth-order valence-corrected chi connectivity index (χ4v) is 2.86. The molecule has 0 bridgehead atoms. The number of hydrogen-bond donors (Lipinski definition) is 2. The van der Waals surface area contributed by atoms with Crippen LogP contribution in [0.25, 0.3) is 0 Å². The van der Waals surface area contributed by atoms with Crippen LogP contribution in [0.4, 0.5) is 10.1 Å². The van der Waals surface area contributed by atoms with Crippen molar-refractivity contribution in [2.75, 3.05) is 18.1 Å². The predicted octanol–water partition coefficient (Wildman–Crippen LogP) is 3.07. The van der Waals surface area contributed by atoms with Gasteiger partial charge in [0.25, 0.3) is 0 Å². The number of rotatable bonds is 9. The third kappa shape index (κ3) is 4.17. The van der Waals surface area contributed by atoms with Gasteiger partial charge in [0.05, 0.1) is 6.61 Å². The maximum atomic E-state index is 14.3. The summed E-state index contributed by atoms with van der Waals surface area (Å²) in [6, 6.07) is 6.15. The molecule has 1 fully saturated rings. The Kier molecular flexibility index (Phi) is 6.00. The lowest BCUT2D eigenvalue weighted by atomic mass is 10.1. The fourth-order valence-electron chi connectivity index (χ4n) is 2.86. The van der Waals surface area contributed by atoms with Gasteiger partial charge in [-0.15, -0.1) is 0 Å². The average Bonchev–Trinajstić information content (AvgIpc) is 3.30. The second-order valence-electron chi connectivity index (χ2n) is 5.78. The maximum Gasteiger partial charge on any atom is 0.129 e. The van der Waals surface area contributed by atoms with Crippen molar-refractivity contribution >= 4 is 5.69 Å². The number of nitrogens with one attached hydrogen (secondary N) is 1. The van der Waals surface area contributed by atoms with E-state index in [2.05, 4.69) is 24.1 Å². The van der Waals surface area contributed by atoms with Crippen molar-refractivity contribution in [1.29, 1.82) is 0 Å². The van der Waals surface area contributed by atoms with Crippen molar-refractivity contribution in [1.82, 2.24) is 5.32 Å². The van der Waals surface area contributed by atoms with E-state index < -0.39 is 0 Å². The first-order valence-electron chi connectivity index (χ1n) is 8.09. The molecule has 118 valence electrons. The molecule has 0 saturated heterocycles. The Morgan fingerprint density at radius 3 is 2.62 bits per heavy atom. The highest BCUT2D eigenvalue weighted by Gasteiger charge is 2.24. The molecule has 2 N–H and O–H groups in total. The van der Waals surface area contributed by atoms with Gasteiger partial charge in [0.2, 0.25) is 0 Å². The van der Waals surface area contributed by atoms with E-state index in [0.29, 0.717) is 25.2 Å². The molecular formula is C17H27FN2O. The normalized spacial score (nSPS) is 14.7. The maximum absolute atomic E-state index is 14.3. The number of nitrogens with zero attached hydrogens (tertiary/aromatic N) is 1. The van der Waals surface area contributed by atoms with Crippen LogP contribution in [-0.4, -0.2) is 30.3 Å². The van der Waals surface area contributed by atoms with E-state index in [9.17, 15) is 9.50 Å². The van der Waals surface area contributed by atoms with Crippen LogP contribution in [0.3, 0.4) is 0 Å². The van der Waals surface area contributed by atoms with Crippen molar-refractivity contribution in [2.45, 2.75) is 58.2 Å². The van der Waals surface area contributed by atoms with E-state index in [-0.39, 0.29) is 12.4 Å². The number of anilines is 1. The first-order valence-corrected chi connectivity index (χ1v) is 8.09. The topological polar surface area (TPSA) is 35.5 Å². The zero-order valence-electron chi connectivity index (χ0n) is 13.1. The minimum Gasteiger partial charge on any atom is -0.395 e. The number of hydrogen-bond acceptors (Lipinski definition) is 3. The van der Waals surface area contributed by atoms with Crippen LogP contribution in [0.2, 0.25) is 0 Å². The molecular weight excluding hydrogens is 267 g/mol. The van der Waals surface area contributed by atoms with Crippen molar-refractivity contribution in [3.8, 4) is 0 Å². The van der Waals surface area contributed by atoms with Gasteiger partial charge in [0, 0.05) is 36.4 Å². The molecule has 0 radical (unpaired) electrons. The molecule has 21 heavy (non-hydrogen) atoms. The fraction of sp³-hybridized carbons (Fsp3) is 0.647. The molecule has 1 aliphatic rings. The summed E-state index contributed by atoms with van der Waals surface area (Å²) in [5, 5.41) is 12.8. The second-order valence-corrected chi connectivity index (χ2v) is 5.78. The molecule has 2 rings (SSSR count). The van der Waals surface area contributed by atoms with Crippen molar-refractivity contribution in [3.63, 3.8) is 0 Å². The summed E-state index contributed by atoms with van der Waals surface area (Å²) in [6.45, 7) is 5.48. The minimum atomic E-state index is -0.158. The Bertz CT molecular complexity index is 444. The molecule has 0 unspecified atom stereocenters. The molecule has 4 heteroatoms. The van der Waals surface area contributed by atoms with Crippen molar-refractivity contribution in [2.24, 2.45) is 0 Å². The minimum absolute atomic E-state index is 0.0858. The van der Waals surface area contributed by atoms with Crippen molar-refractivity contribution in [3.05, 3.63) is 29.6 Å². The zero-order chi connectivity index (χ0) is 15.2. The third-order valence-electron chi connectivity index (χ3n) is 4.27. The first kappa shape index (κ1) is 16.2. The highest BCUT2D eigenvalue weighted by Crippen LogP contribution is 2.28. The highest BCUT2D eigenvalue weighted by molar-refractivity contribution is 5.55. The van der Waals surface area contributed by atoms with Crippen molar-refractivity contribution < 1.29 is 9.50 Å². The SMILES string of the molecule is CCC(CC)N(CCO)c1cccc(F)c1CNC1CC1. The van der Waals surface area contributed by atoms with Gasteiger partial charge in [-0.05, 0) is 37.8 Å². The van der Waals surface area contributed by atoms with E-state index in [1.165, 1.54) is 18.9 Å². The Morgan fingerprint density at radius 2 is 2.05 bits per heavy atom. The Balaban J connectivity index is 2.26. The summed E-state index contributed by atoms with van der Waals surface area (Å²) < 4.78 is 14.3. The standard InChI is InChI=1S/C17H27FN2O/c1-3-14(4-2)20(10-11-21)17-7-5-6-16(18)15(17)12-19-13-8-9-13/h5-7,13-14,19,21H,3-4,8-12H2,1-2H3. The van der Waals surface area contributed by atoms with Crippen LogP contribution in [-0.2, 0) is 6.54 Å². The molecule has 0 heterocycles. The van der Waals surface area contributed by atoms with Gasteiger partial charge in [-0.2, -0.15) is 0 Å². The van der Waals surface area contributed by atoms with Gasteiger partial charge < -0.3 is 15.3 Å². The van der Waals surface area contributed by atoms with E-state index in [1.54, 1.807) is 6.07 Å². The van der Waals surface area contributed by atoms with E-state index >= 15 is 0 Å². The van der Waals surface area contributed by atoms with Crippen LogP contribution in [0, 0.1) is 5.82 Å². The van der Waals surface area contributed by atoms with Gasteiger partial charge in [-0.25, -0.2) is 4.39 Å². The van der Waals surface area contributed by atoms with E-state index in [1.807, 2.05) is 6.07 Å². The lowest BCUT2D eigenvalue weighted by Crippen LogP contribution is -2.38. The van der Waals surface area contributed by atoms with Gasteiger partial charge in [-0.3, -0.25) is 0 Å². The lowest BCUT2D eigenvalue weighted by Gasteiger charge is -2.34. The van der Waals surface area contributed by atoms with Crippen LogP contribution < -0.4 is 10.2 Å². The van der Waals surface area contributed by atoms with Gasteiger partial charge in [0.1, 0.15) is 5.82 Å². The molecule has 1 aromatic rings. The monoisotopic (exact) mass is 294 g/mol.